The standard InChI is InChI=1S/C22H20N4O5/c1-29-12-18-24-21(26-25-18)19(13-7-9-14(30-2)10-8-13)23-11-16-20(27)15-5-3-4-6-17(15)31-22(16)28/h3-11,19,27H,12H2,1-2H3,(H,24,25,26). The molecule has 0 amide bonds. The van der Waals surface area contributed by atoms with E-state index in [1.807, 2.05) is 12.1 Å². The first kappa shape index (κ1) is 20.3. The quantitative estimate of drug-likeness (QED) is 0.348. The summed E-state index contributed by atoms with van der Waals surface area (Å²) in [6, 6.07) is 13.3. The van der Waals surface area contributed by atoms with Gasteiger partial charge in [-0.3, -0.25) is 10.1 Å². The van der Waals surface area contributed by atoms with E-state index in [4.69, 9.17) is 13.9 Å². The number of methoxy groups -OCH3 is 2. The molecule has 0 saturated carbocycles. The van der Waals surface area contributed by atoms with E-state index in [0.29, 0.717) is 28.4 Å². The largest absolute Gasteiger partial charge is 0.506 e. The fourth-order valence-electron chi connectivity index (χ4n) is 3.13. The van der Waals surface area contributed by atoms with E-state index in [9.17, 15) is 9.90 Å². The second kappa shape index (κ2) is 8.80. The van der Waals surface area contributed by atoms with E-state index >= 15 is 0 Å². The fourth-order valence-corrected chi connectivity index (χ4v) is 3.13. The average Bonchev–Trinajstić information content (AvgIpc) is 3.25. The third-order valence-electron chi connectivity index (χ3n) is 4.68. The van der Waals surface area contributed by atoms with Crippen LogP contribution >= 0.6 is 0 Å². The summed E-state index contributed by atoms with van der Waals surface area (Å²) in [7, 11) is 3.14. The number of nitrogens with one attached hydrogen (secondary N) is 1. The van der Waals surface area contributed by atoms with Crippen molar-refractivity contribution in [2.24, 2.45) is 4.99 Å². The summed E-state index contributed by atoms with van der Waals surface area (Å²) in [4.78, 5) is 21.4. The third kappa shape index (κ3) is 4.17. The molecule has 0 fully saturated rings. The summed E-state index contributed by atoms with van der Waals surface area (Å²) < 4.78 is 15.6. The van der Waals surface area contributed by atoms with Gasteiger partial charge >= 0.3 is 5.63 Å². The molecule has 2 aromatic carbocycles. The number of hydrogen-bond donors (Lipinski definition) is 2. The number of ether oxygens (including phenoxy) is 2. The topological polar surface area (TPSA) is 123 Å². The molecule has 2 aromatic heterocycles. The summed E-state index contributed by atoms with van der Waals surface area (Å²) >= 11 is 0. The summed E-state index contributed by atoms with van der Waals surface area (Å²) in [6.45, 7) is 0.265. The van der Waals surface area contributed by atoms with Crippen molar-refractivity contribution in [3.05, 3.63) is 81.7 Å². The van der Waals surface area contributed by atoms with Gasteiger partial charge in [0.05, 0.1) is 12.5 Å². The van der Waals surface area contributed by atoms with E-state index in [-0.39, 0.29) is 17.9 Å². The number of nitrogens with zero attached hydrogens (tertiary/aromatic N) is 3. The summed E-state index contributed by atoms with van der Waals surface area (Å²) in [5.74, 6) is 1.42. The molecular weight excluding hydrogens is 400 g/mol. The first-order chi connectivity index (χ1) is 15.1. The Hall–Kier alpha value is -3.98. The fraction of sp³-hybridized carbons (Fsp3) is 0.182. The minimum absolute atomic E-state index is 0.0511. The maximum atomic E-state index is 12.4. The Kier molecular flexibility index (Phi) is 5.76. The van der Waals surface area contributed by atoms with Crippen molar-refractivity contribution >= 4 is 17.2 Å². The van der Waals surface area contributed by atoms with Crippen molar-refractivity contribution in [1.29, 1.82) is 0 Å². The van der Waals surface area contributed by atoms with Crippen LogP contribution in [0.25, 0.3) is 11.0 Å². The van der Waals surface area contributed by atoms with Gasteiger partial charge in [-0.2, -0.15) is 5.10 Å². The molecule has 0 aliphatic heterocycles. The number of rotatable bonds is 7. The summed E-state index contributed by atoms with van der Waals surface area (Å²) in [5.41, 5.74) is 0.324. The van der Waals surface area contributed by atoms with Crippen molar-refractivity contribution < 1.29 is 19.0 Å². The molecule has 4 rings (SSSR count). The molecule has 0 saturated heterocycles. The Labute approximate surface area is 177 Å². The monoisotopic (exact) mass is 420 g/mol. The van der Waals surface area contributed by atoms with Crippen LogP contribution in [0.1, 0.15) is 28.8 Å². The smallest absolute Gasteiger partial charge is 0.348 e. The maximum Gasteiger partial charge on any atom is 0.348 e. The Morgan fingerprint density at radius 3 is 2.71 bits per heavy atom. The Morgan fingerprint density at radius 2 is 1.97 bits per heavy atom. The lowest BCUT2D eigenvalue weighted by molar-refractivity contribution is 0.178. The number of hydrogen-bond acceptors (Lipinski definition) is 8. The Bertz CT molecular complexity index is 1280. The molecule has 0 aliphatic rings. The van der Waals surface area contributed by atoms with E-state index in [1.165, 1.54) is 6.21 Å². The normalized spacial score (nSPS) is 12.5. The molecule has 9 nitrogen and oxygen atoms in total. The van der Waals surface area contributed by atoms with Crippen LogP contribution in [-0.2, 0) is 11.3 Å². The van der Waals surface area contributed by atoms with Gasteiger partial charge in [-0.1, -0.05) is 24.3 Å². The van der Waals surface area contributed by atoms with Crippen LogP contribution in [0.2, 0.25) is 0 Å². The first-order valence-corrected chi connectivity index (χ1v) is 9.42. The highest BCUT2D eigenvalue weighted by molar-refractivity contribution is 5.93. The molecule has 31 heavy (non-hydrogen) atoms. The molecule has 1 unspecified atom stereocenters. The van der Waals surface area contributed by atoms with Crippen molar-refractivity contribution in [2.75, 3.05) is 14.2 Å². The molecule has 0 bridgehead atoms. The van der Waals surface area contributed by atoms with E-state index in [1.54, 1.807) is 50.6 Å². The van der Waals surface area contributed by atoms with Crippen LogP contribution < -0.4 is 10.4 Å². The molecule has 0 aliphatic carbocycles. The summed E-state index contributed by atoms with van der Waals surface area (Å²) in [6.07, 6.45) is 1.29. The van der Waals surface area contributed by atoms with Crippen LogP contribution in [0.3, 0.4) is 0 Å². The summed E-state index contributed by atoms with van der Waals surface area (Å²) in [5, 5.41) is 18.1. The van der Waals surface area contributed by atoms with Gasteiger partial charge in [0.1, 0.15) is 35.3 Å². The molecule has 0 radical (unpaired) electrons. The van der Waals surface area contributed by atoms with Crippen molar-refractivity contribution in [3.8, 4) is 11.5 Å². The van der Waals surface area contributed by atoms with Crippen molar-refractivity contribution in [3.63, 3.8) is 0 Å². The van der Waals surface area contributed by atoms with Crippen molar-refractivity contribution in [2.45, 2.75) is 12.6 Å². The van der Waals surface area contributed by atoms with Gasteiger partial charge < -0.3 is 19.0 Å². The molecule has 1 atom stereocenters. The number of benzene rings is 2. The molecule has 2 N–H and O–H groups in total. The highest BCUT2D eigenvalue weighted by Gasteiger charge is 2.19. The highest BCUT2D eigenvalue weighted by atomic mass is 16.5. The van der Waals surface area contributed by atoms with Gasteiger partial charge in [0.15, 0.2) is 11.6 Å². The number of aromatic nitrogens is 3. The van der Waals surface area contributed by atoms with E-state index in [2.05, 4.69) is 20.2 Å². The van der Waals surface area contributed by atoms with Gasteiger partial charge in [-0.25, -0.2) is 9.78 Å². The first-order valence-electron chi connectivity index (χ1n) is 9.42. The molecule has 158 valence electrons. The number of aromatic hydroxyl groups is 1. The zero-order chi connectivity index (χ0) is 21.8. The molecular formula is C22H20N4O5. The van der Waals surface area contributed by atoms with Gasteiger partial charge in [-0.15, -0.1) is 0 Å². The van der Waals surface area contributed by atoms with Crippen LogP contribution in [0, 0.1) is 0 Å². The van der Waals surface area contributed by atoms with Crippen molar-refractivity contribution in [1.82, 2.24) is 15.2 Å². The van der Waals surface area contributed by atoms with Gasteiger partial charge in [0.2, 0.25) is 0 Å². The zero-order valence-electron chi connectivity index (χ0n) is 16.9. The number of aromatic amines is 1. The minimum Gasteiger partial charge on any atom is -0.506 e. The zero-order valence-corrected chi connectivity index (χ0v) is 16.9. The number of aliphatic imine (C=N–C) groups is 1. The molecule has 4 aromatic rings. The lowest BCUT2D eigenvalue weighted by Crippen LogP contribution is -2.09. The number of para-hydroxylation sites is 1. The third-order valence-corrected chi connectivity index (χ3v) is 4.68. The van der Waals surface area contributed by atoms with Gasteiger partial charge in [-0.05, 0) is 29.8 Å². The molecule has 0 spiro atoms. The Morgan fingerprint density at radius 1 is 1.19 bits per heavy atom. The lowest BCUT2D eigenvalue weighted by atomic mass is 10.1. The van der Waals surface area contributed by atoms with Crippen LogP contribution in [-0.4, -0.2) is 40.7 Å². The minimum atomic E-state index is -0.691. The average molecular weight is 420 g/mol. The van der Waals surface area contributed by atoms with Crippen LogP contribution in [0.15, 0.2) is 62.7 Å². The Balaban J connectivity index is 1.77. The maximum absolute atomic E-state index is 12.4. The molecule has 9 heteroatoms. The van der Waals surface area contributed by atoms with E-state index in [0.717, 1.165) is 5.56 Å². The number of H-pyrrole nitrogens is 1. The van der Waals surface area contributed by atoms with Gasteiger partial charge in [0, 0.05) is 13.3 Å². The lowest BCUT2D eigenvalue weighted by Gasteiger charge is -2.10. The number of fused-ring (bicyclic) bond motifs is 1. The predicted octanol–water partition coefficient (Wildman–Crippen LogP) is 2.98. The van der Waals surface area contributed by atoms with Gasteiger partial charge in [0.25, 0.3) is 0 Å². The second-order valence-corrected chi connectivity index (χ2v) is 6.68. The second-order valence-electron chi connectivity index (χ2n) is 6.68. The molecule has 2 heterocycles. The van der Waals surface area contributed by atoms with Crippen LogP contribution in [0.4, 0.5) is 0 Å². The van der Waals surface area contributed by atoms with Crippen LogP contribution in [0.5, 0.6) is 11.5 Å². The van der Waals surface area contributed by atoms with E-state index < -0.39 is 11.7 Å². The predicted molar refractivity (Wildman–Crippen MR) is 114 cm³/mol. The SMILES string of the molecule is COCc1nc(C(N=Cc2c(O)c3ccccc3oc2=O)c2ccc(OC)cc2)n[nH]1. The highest BCUT2D eigenvalue weighted by Crippen LogP contribution is 2.28.